The van der Waals surface area contributed by atoms with Gasteiger partial charge in [0, 0.05) is 25.4 Å². The summed E-state index contributed by atoms with van der Waals surface area (Å²) in [5.74, 6) is 1.10. The number of rotatable bonds is 9. The molecule has 1 aromatic rings. The molecule has 1 aromatic heterocycles. The molecule has 2 N–H and O–H groups in total. The lowest BCUT2D eigenvalue weighted by Gasteiger charge is -2.10. The van der Waals surface area contributed by atoms with E-state index in [1.165, 1.54) is 7.11 Å². The number of thiazole rings is 1. The van der Waals surface area contributed by atoms with Crippen LogP contribution in [0.2, 0.25) is 0 Å². The van der Waals surface area contributed by atoms with Gasteiger partial charge in [-0.25, -0.2) is 4.98 Å². The topological polar surface area (TPSA) is 75.6 Å². The summed E-state index contributed by atoms with van der Waals surface area (Å²) in [6.07, 6.45) is 3.33. The fourth-order valence-corrected chi connectivity index (χ4v) is 2.83. The van der Waals surface area contributed by atoms with E-state index < -0.39 is 0 Å². The molecule has 0 saturated heterocycles. The van der Waals surface area contributed by atoms with Crippen LogP contribution < -0.4 is 10.6 Å². The van der Waals surface area contributed by atoms with Crippen LogP contribution in [0.25, 0.3) is 0 Å². The third-order valence-corrected chi connectivity index (χ3v) is 4.24. The highest BCUT2D eigenvalue weighted by Crippen LogP contribution is 2.17. The highest BCUT2D eigenvalue weighted by molar-refractivity contribution is 14.0. The van der Waals surface area contributed by atoms with Gasteiger partial charge in [0.2, 0.25) is 0 Å². The maximum absolute atomic E-state index is 11.0. The summed E-state index contributed by atoms with van der Waals surface area (Å²) in [7, 11) is 3.18. The fourth-order valence-electron chi connectivity index (χ4n) is 1.93. The van der Waals surface area contributed by atoms with Gasteiger partial charge in [-0.15, -0.1) is 35.3 Å². The first-order valence-electron chi connectivity index (χ1n) is 8.02. The summed E-state index contributed by atoms with van der Waals surface area (Å²) in [5.41, 5.74) is 1.14. The Balaban J connectivity index is 0.00000529. The molecule has 0 aromatic carbocycles. The number of carbonyl (C=O) groups is 1. The quantitative estimate of drug-likeness (QED) is 0.191. The molecule has 0 bridgehead atoms. The second-order valence-electron chi connectivity index (χ2n) is 5.56. The number of nitrogens with zero attached hydrogens (tertiary/aromatic N) is 2. The van der Waals surface area contributed by atoms with Crippen molar-refractivity contribution in [2.75, 3.05) is 20.7 Å². The number of hydrogen-bond acceptors (Lipinski definition) is 5. The fraction of sp³-hybridized carbons (Fsp3) is 0.688. The maximum atomic E-state index is 11.0. The zero-order valence-corrected chi connectivity index (χ0v) is 18.1. The number of aromatic nitrogens is 1. The molecule has 0 aliphatic rings. The molecule has 0 unspecified atom stereocenters. The van der Waals surface area contributed by atoms with Crippen LogP contribution in [0.4, 0.5) is 0 Å². The molecule has 0 radical (unpaired) electrons. The number of guanidine groups is 1. The van der Waals surface area contributed by atoms with Crippen LogP contribution >= 0.6 is 35.3 Å². The van der Waals surface area contributed by atoms with Gasteiger partial charge in [-0.1, -0.05) is 20.3 Å². The maximum Gasteiger partial charge on any atom is 0.305 e. The Morgan fingerprint density at radius 1 is 1.33 bits per heavy atom. The minimum atomic E-state index is -0.139. The summed E-state index contributed by atoms with van der Waals surface area (Å²) in [4.78, 5) is 19.8. The lowest BCUT2D eigenvalue weighted by Crippen LogP contribution is -2.37. The van der Waals surface area contributed by atoms with Crippen molar-refractivity contribution in [3.05, 3.63) is 16.1 Å². The monoisotopic (exact) mass is 468 g/mol. The van der Waals surface area contributed by atoms with Gasteiger partial charge in [-0.05, 0) is 18.8 Å². The zero-order chi connectivity index (χ0) is 17.1. The van der Waals surface area contributed by atoms with E-state index in [2.05, 4.69) is 44.6 Å². The van der Waals surface area contributed by atoms with Crippen LogP contribution in [0.5, 0.6) is 0 Å². The van der Waals surface area contributed by atoms with E-state index in [-0.39, 0.29) is 29.9 Å². The predicted molar refractivity (Wildman–Crippen MR) is 110 cm³/mol. The lowest BCUT2D eigenvalue weighted by molar-refractivity contribution is -0.140. The first kappa shape index (κ1) is 23.1. The van der Waals surface area contributed by atoms with Crippen molar-refractivity contribution >= 4 is 47.2 Å². The van der Waals surface area contributed by atoms with E-state index in [0.717, 1.165) is 42.5 Å². The highest BCUT2D eigenvalue weighted by atomic mass is 127. The standard InChI is InChI=1S/C16H28N4O2S.HI/c1-12(2)13-11-23-14(20-13)10-19-16(17-3)18-9-7-5-6-8-15(21)22-4;/h11-12H,5-10H2,1-4H3,(H2,17,18,19);1H. The number of unbranched alkanes of at least 4 members (excludes halogenated alkanes) is 2. The number of esters is 1. The second-order valence-corrected chi connectivity index (χ2v) is 6.50. The van der Waals surface area contributed by atoms with Gasteiger partial charge in [0.15, 0.2) is 5.96 Å². The number of carbonyl (C=O) groups excluding carboxylic acids is 1. The number of aliphatic imine (C=N–C) groups is 1. The molecule has 1 rings (SSSR count). The van der Waals surface area contributed by atoms with Crippen LogP contribution in [0, 0.1) is 0 Å². The van der Waals surface area contributed by atoms with Gasteiger partial charge >= 0.3 is 5.97 Å². The Bertz CT molecular complexity index is 506. The largest absolute Gasteiger partial charge is 0.469 e. The van der Waals surface area contributed by atoms with E-state index in [1.54, 1.807) is 18.4 Å². The van der Waals surface area contributed by atoms with Crippen LogP contribution in [-0.4, -0.2) is 37.6 Å². The number of nitrogens with one attached hydrogen (secondary N) is 2. The molecule has 138 valence electrons. The third-order valence-electron chi connectivity index (χ3n) is 3.37. The van der Waals surface area contributed by atoms with E-state index >= 15 is 0 Å². The third kappa shape index (κ3) is 9.41. The Labute approximate surface area is 165 Å². The Kier molecular flexibility index (Phi) is 12.9. The van der Waals surface area contributed by atoms with E-state index in [0.29, 0.717) is 18.9 Å². The molecular formula is C16H29IN4O2S. The Hall–Kier alpha value is -0.900. The molecular weight excluding hydrogens is 439 g/mol. The number of methoxy groups -OCH3 is 1. The minimum absolute atomic E-state index is 0. The van der Waals surface area contributed by atoms with Crippen LogP contribution in [-0.2, 0) is 16.1 Å². The average Bonchev–Trinajstić information content (AvgIpc) is 3.02. The van der Waals surface area contributed by atoms with Crippen molar-refractivity contribution in [2.24, 2.45) is 4.99 Å². The van der Waals surface area contributed by atoms with Crippen molar-refractivity contribution in [2.45, 2.75) is 52.0 Å². The zero-order valence-electron chi connectivity index (χ0n) is 14.9. The number of ether oxygens (including phenoxy) is 1. The molecule has 0 saturated carbocycles. The van der Waals surface area contributed by atoms with Gasteiger partial charge in [0.1, 0.15) is 5.01 Å². The lowest BCUT2D eigenvalue weighted by atomic mass is 10.2. The smallest absolute Gasteiger partial charge is 0.305 e. The van der Waals surface area contributed by atoms with E-state index in [1.807, 2.05) is 0 Å². The first-order chi connectivity index (χ1) is 11.1. The summed E-state index contributed by atoms with van der Waals surface area (Å²) in [5, 5.41) is 9.71. The molecule has 8 heteroatoms. The molecule has 0 aliphatic heterocycles. The second kappa shape index (κ2) is 13.4. The van der Waals surface area contributed by atoms with Gasteiger partial charge in [-0.2, -0.15) is 0 Å². The van der Waals surface area contributed by atoms with Crippen LogP contribution in [0.3, 0.4) is 0 Å². The number of hydrogen-bond donors (Lipinski definition) is 2. The van der Waals surface area contributed by atoms with Gasteiger partial charge < -0.3 is 15.4 Å². The van der Waals surface area contributed by atoms with Gasteiger partial charge in [0.05, 0.1) is 19.3 Å². The van der Waals surface area contributed by atoms with E-state index in [4.69, 9.17) is 0 Å². The molecule has 0 aliphatic carbocycles. The summed E-state index contributed by atoms with van der Waals surface area (Å²) in [6.45, 7) is 5.80. The van der Waals surface area contributed by atoms with Crippen molar-refractivity contribution in [1.82, 2.24) is 15.6 Å². The molecule has 6 nitrogen and oxygen atoms in total. The van der Waals surface area contributed by atoms with Crippen molar-refractivity contribution in [1.29, 1.82) is 0 Å². The Morgan fingerprint density at radius 2 is 2.08 bits per heavy atom. The van der Waals surface area contributed by atoms with Gasteiger partial charge in [-0.3, -0.25) is 9.79 Å². The summed E-state index contributed by atoms with van der Waals surface area (Å²) < 4.78 is 4.61. The molecule has 0 fully saturated rings. The molecule has 24 heavy (non-hydrogen) atoms. The van der Waals surface area contributed by atoms with Crippen molar-refractivity contribution < 1.29 is 9.53 Å². The van der Waals surface area contributed by atoms with Crippen LogP contribution in [0.15, 0.2) is 10.4 Å². The van der Waals surface area contributed by atoms with Crippen LogP contribution in [0.1, 0.15) is 56.2 Å². The SMILES string of the molecule is CN=C(NCCCCCC(=O)OC)NCc1nc(C(C)C)cs1.I. The highest BCUT2D eigenvalue weighted by Gasteiger charge is 2.06. The Morgan fingerprint density at radius 3 is 2.67 bits per heavy atom. The molecule has 0 amide bonds. The summed E-state index contributed by atoms with van der Waals surface area (Å²) >= 11 is 1.67. The summed E-state index contributed by atoms with van der Waals surface area (Å²) in [6, 6.07) is 0. The average molecular weight is 468 g/mol. The van der Waals surface area contributed by atoms with E-state index in [9.17, 15) is 4.79 Å². The normalized spacial score (nSPS) is 11.1. The minimum Gasteiger partial charge on any atom is -0.469 e. The molecule has 1 heterocycles. The van der Waals surface area contributed by atoms with Crippen molar-refractivity contribution in [3.63, 3.8) is 0 Å². The van der Waals surface area contributed by atoms with Gasteiger partial charge in [0.25, 0.3) is 0 Å². The predicted octanol–water partition coefficient (Wildman–Crippen LogP) is 3.28. The number of halogens is 1. The molecule has 0 spiro atoms. The van der Waals surface area contributed by atoms with Crippen molar-refractivity contribution in [3.8, 4) is 0 Å². The first-order valence-corrected chi connectivity index (χ1v) is 8.90. The molecule has 0 atom stereocenters.